The van der Waals surface area contributed by atoms with Crippen molar-refractivity contribution in [3.8, 4) is 0 Å². The van der Waals surface area contributed by atoms with E-state index in [1.807, 2.05) is 11.6 Å². The Hall–Kier alpha value is -2.41. The van der Waals surface area contributed by atoms with Gasteiger partial charge in [0.15, 0.2) is 0 Å². The highest BCUT2D eigenvalue weighted by molar-refractivity contribution is 5.94. The van der Waals surface area contributed by atoms with Crippen molar-refractivity contribution in [2.45, 2.75) is 32.2 Å². The van der Waals surface area contributed by atoms with E-state index >= 15 is 0 Å². The second kappa shape index (κ2) is 6.78. The van der Waals surface area contributed by atoms with Gasteiger partial charge in [0, 0.05) is 6.20 Å². The SMILES string of the molecule is Cc1c(Nc2cnccc2C(=O)O)cnn1[C@H]1CCCNCC1. The van der Waals surface area contributed by atoms with Gasteiger partial charge in [0.1, 0.15) is 0 Å². The summed E-state index contributed by atoms with van der Waals surface area (Å²) >= 11 is 0. The van der Waals surface area contributed by atoms with Crippen LogP contribution in [0.3, 0.4) is 0 Å². The topological polar surface area (TPSA) is 92.1 Å². The zero-order chi connectivity index (χ0) is 16.2. The predicted molar refractivity (Wildman–Crippen MR) is 87.2 cm³/mol. The number of nitrogens with zero attached hydrogens (tertiary/aromatic N) is 3. The zero-order valence-corrected chi connectivity index (χ0v) is 13.1. The highest BCUT2D eigenvalue weighted by Crippen LogP contribution is 2.27. The van der Waals surface area contributed by atoms with Crippen LogP contribution in [0, 0.1) is 6.92 Å². The molecule has 0 unspecified atom stereocenters. The first-order valence-electron chi connectivity index (χ1n) is 7.86. The van der Waals surface area contributed by atoms with Gasteiger partial charge in [0.05, 0.1) is 41.1 Å². The highest BCUT2D eigenvalue weighted by Gasteiger charge is 2.19. The summed E-state index contributed by atoms with van der Waals surface area (Å²) in [6.07, 6.45) is 8.04. The van der Waals surface area contributed by atoms with Crippen LogP contribution in [0.2, 0.25) is 0 Å². The number of carboxylic acid groups (broad SMARTS) is 1. The Morgan fingerprint density at radius 2 is 2.22 bits per heavy atom. The third kappa shape index (κ3) is 3.34. The standard InChI is InChI=1S/C16H21N5O2/c1-11-14(20-15-9-18-8-5-13(15)16(22)23)10-19-21(11)12-3-2-6-17-7-4-12/h5,8-10,12,17,20H,2-4,6-7H2,1H3,(H,22,23)/t12-/m0/s1. The molecule has 1 atom stereocenters. The summed E-state index contributed by atoms with van der Waals surface area (Å²) < 4.78 is 2.05. The van der Waals surface area contributed by atoms with Crippen LogP contribution in [0.15, 0.2) is 24.7 Å². The molecule has 0 aromatic carbocycles. The molecule has 7 nitrogen and oxygen atoms in total. The van der Waals surface area contributed by atoms with E-state index in [9.17, 15) is 9.90 Å². The van der Waals surface area contributed by atoms with Gasteiger partial charge in [0.2, 0.25) is 0 Å². The summed E-state index contributed by atoms with van der Waals surface area (Å²) in [7, 11) is 0. The van der Waals surface area contributed by atoms with Crippen LogP contribution in [0.1, 0.15) is 41.4 Å². The maximum Gasteiger partial charge on any atom is 0.337 e. The quantitative estimate of drug-likeness (QED) is 0.802. The summed E-state index contributed by atoms with van der Waals surface area (Å²) in [5.41, 5.74) is 2.51. The summed E-state index contributed by atoms with van der Waals surface area (Å²) in [4.78, 5) is 15.3. The summed E-state index contributed by atoms with van der Waals surface area (Å²) in [5, 5.41) is 20.3. The highest BCUT2D eigenvalue weighted by atomic mass is 16.4. The van der Waals surface area contributed by atoms with Crippen molar-refractivity contribution in [1.82, 2.24) is 20.1 Å². The van der Waals surface area contributed by atoms with Crippen molar-refractivity contribution < 1.29 is 9.90 Å². The molecule has 0 aliphatic carbocycles. The molecular formula is C16H21N5O2. The monoisotopic (exact) mass is 315 g/mol. The molecule has 0 bridgehead atoms. The van der Waals surface area contributed by atoms with E-state index in [2.05, 4.69) is 20.7 Å². The molecule has 1 fully saturated rings. The van der Waals surface area contributed by atoms with E-state index in [0.29, 0.717) is 11.7 Å². The molecule has 1 aliphatic heterocycles. The first-order valence-corrected chi connectivity index (χ1v) is 7.86. The van der Waals surface area contributed by atoms with Gasteiger partial charge >= 0.3 is 5.97 Å². The molecule has 0 spiro atoms. The molecule has 3 heterocycles. The Balaban J connectivity index is 1.84. The minimum Gasteiger partial charge on any atom is -0.478 e. The predicted octanol–water partition coefficient (Wildman–Crippen LogP) is 2.34. The third-order valence-electron chi connectivity index (χ3n) is 4.26. The maximum absolute atomic E-state index is 11.3. The lowest BCUT2D eigenvalue weighted by molar-refractivity contribution is 0.0698. The molecule has 23 heavy (non-hydrogen) atoms. The number of hydrogen-bond acceptors (Lipinski definition) is 5. The van der Waals surface area contributed by atoms with Gasteiger partial charge in [0.25, 0.3) is 0 Å². The molecule has 0 amide bonds. The van der Waals surface area contributed by atoms with Gasteiger partial charge in [-0.05, 0) is 45.3 Å². The molecule has 0 radical (unpaired) electrons. The number of nitrogens with one attached hydrogen (secondary N) is 2. The second-order valence-corrected chi connectivity index (χ2v) is 5.77. The third-order valence-corrected chi connectivity index (χ3v) is 4.26. The van der Waals surface area contributed by atoms with Crippen LogP contribution in [-0.2, 0) is 0 Å². The summed E-state index contributed by atoms with van der Waals surface area (Å²) in [5.74, 6) is -0.977. The lowest BCUT2D eigenvalue weighted by Crippen LogP contribution is -2.16. The fraction of sp³-hybridized carbons (Fsp3) is 0.438. The Bertz CT molecular complexity index is 690. The molecule has 0 saturated carbocycles. The van der Waals surface area contributed by atoms with E-state index in [1.54, 1.807) is 6.20 Å². The molecular weight excluding hydrogens is 294 g/mol. The Labute approximate surface area is 134 Å². The van der Waals surface area contributed by atoms with Gasteiger partial charge in [-0.2, -0.15) is 5.10 Å². The van der Waals surface area contributed by atoms with Crippen LogP contribution in [-0.4, -0.2) is 38.9 Å². The average Bonchev–Trinajstić information content (AvgIpc) is 2.77. The second-order valence-electron chi connectivity index (χ2n) is 5.77. The number of aromatic carboxylic acids is 1. The van der Waals surface area contributed by atoms with Crippen molar-refractivity contribution >= 4 is 17.3 Å². The first-order chi connectivity index (χ1) is 11.2. The van der Waals surface area contributed by atoms with E-state index in [4.69, 9.17) is 0 Å². The number of rotatable bonds is 4. The van der Waals surface area contributed by atoms with Crippen molar-refractivity contribution in [3.05, 3.63) is 35.9 Å². The van der Waals surface area contributed by atoms with Gasteiger partial charge in [-0.15, -0.1) is 0 Å². The van der Waals surface area contributed by atoms with Crippen molar-refractivity contribution in [1.29, 1.82) is 0 Å². The van der Waals surface area contributed by atoms with Gasteiger partial charge in [-0.3, -0.25) is 9.67 Å². The van der Waals surface area contributed by atoms with Crippen LogP contribution in [0.4, 0.5) is 11.4 Å². The molecule has 2 aromatic rings. The van der Waals surface area contributed by atoms with Crippen LogP contribution >= 0.6 is 0 Å². The molecule has 122 valence electrons. The van der Waals surface area contributed by atoms with E-state index in [1.165, 1.54) is 18.5 Å². The Kier molecular flexibility index (Phi) is 4.57. The molecule has 2 aromatic heterocycles. The Morgan fingerprint density at radius 1 is 1.35 bits per heavy atom. The number of carboxylic acids is 1. The van der Waals surface area contributed by atoms with Crippen LogP contribution < -0.4 is 10.6 Å². The smallest absolute Gasteiger partial charge is 0.337 e. The van der Waals surface area contributed by atoms with E-state index in [-0.39, 0.29) is 5.56 Å². The van der Waals surface area contributed by atoms with E-state index < -0.39 is 5.97 Å². The zero-order valence-electron chi connectivity index (χ0n) is 13.1. The summed E-state index contributed by atoms with van der Waals surface area (Å²) in [6, 6.07) is 1.87. The van der Waals surface area contributed by atoms with Crippen LogP contribution in [0.5, 0.6) is 0 Å². The lowest BCUT2D eigenvalue weighted by atomic mass is 10.1. The van der Waals surface area contributed by atoms with Crippen molar-refractivity contribution in [3.63, 3.8) is 0 Å². The van der Waals surface area contributed by atoms with Crippen LogP contribution in [0.25, 0.3) is 0 Å². The maximum atomic E-state index is 11.3. The number of carbonyl (C=O) groups is 1. The fourth-order valence-corrected chi connectivity index (χ4v) is 2.99. The average molecular weight is 315 g/mol. The number of pyridine rings is 1. The number of hydrogen-bond donors (Lipinski definition) is 3. The largest absolute Gasteiger partial charge is 0.478 e. The molecule has 1 saturated heterocycles. The van der Waals surface area contributed by atoms with Gasteiger partial charge in [-0.1, -0.05) is 0 Å². The fourth-order valence-electron chi connectivity index (χ4n) is 2.99. The number of anilines is 2. The number of aromatic nitrogens is 3. The Morgan fingerprint density at radius 3 is 3.04 bits per heavy atom. The molecule has 3 N–H and O–H groups in total. The first kappa shape index (κ1) is 15.5. The van der Waals surface area contributed by atoms with E-state index in [0.717, 1.165) is 43.7 Å². The van der Waals surface area contributed by atoms with Gasteiger partial charge < -0.3 is 15.7 Å². The lowest BCUT2D eigenvalue weighted by Gasteiger charge is -2.17. The van der Waals surface area contributed by atoms with Gasteiger partial charge in [-0.25, -0.2) is 4.79 Å². The minimum atomic E-state index is -0.977. The molecule has 3 rings (SSSR count). The molecule has 7 heteroatoms. The normalized spacial score (nSPS) is 18.4. The minimum absolute atomic E-state index is 0.200. The van der Waals surface area contributed by atoms with Crippen molar-refractivity contribution in [2.75, 3.05) is 18.4 Å². The molecule has 1 aliphatic rings. The van der Waals surface area contributed by atoms with Crippen molar-refractivity contribution in [2.24, 2.45) is 0 Å². The summed E-state index contributed by atoms with van der Waals surface area (Å²) in [6.45, 7) is 4.06.